The zero-order valence-electron chi connectivity index (χ0n) is 24.6. The molecule has 0 aromatic carbocycles. The summed E-state index contributed by atoms with van der Waals surface area (Å²) in [6.45, 7) is 15.0. The van der Waals surface area contributed by atoms with Crippen molar-refractivity contribution < 1.29 is 29.4 Å². The van der Waals surface area contributed by atoms with Crippen LogP contribution in [0.5, 0.6) is 0 Å². The number of carboxylic acid groups (broad SMARTS) is 2. The van der Waals surface area contributed by atoms with E-state index in [9.17, 15) is 29.4 Å². The maximum absolute atomic E-state index is 12.4. The lowest BCUT2D eigenvalue weighted by atomic mass is 9.97. The molecule has 222 valence electrons. The lowest BCUT2D eigenvalue weighted by Gasteiger charge is -2.06. The molecule has 0 fully saturated rings. The number of carbonyl (C=O) groups excluding carboxylic acids is 2. The molecule has 0 radical (unpaired) electrons. The number of allylic oxidation sites excluding steroid dienone is 6. The first-order valence-electron chi connectivity index (χ1n) is 13.9. The second kappa shape index (κ2) is 12.4. The van der Waals surface area contributed by atoms with Crippen LogP contribution in [0.3, 0.4) is 0 Å². The molecule has 10 heteroatoms. The van der Waals surface area contributed by atoms with Crippen LogP contribution in [0, 0.1) is 12.8 Å². The van der Waals surface area contributed by atoms with Gasteiger partial charge in [-0.05, 0) is 86.6 Å². The number of rotatable bonds is 11. The SMILES string of the molecule is C=CC1=C(/C=c2\[nH]c(=CC3=N/C(=C\C4=NC(=O)C(C)=C4CCC(=O)O)C(CCC(=O)O)=C3C)c(C=C)c2C)NC(=O)C1C. The third-order valence-electron chi connectivity index (χ3n) is 7.93. The van der Waals surface area contributed by atoms with Gasteiger partial charge in [-0.2, -0.15) is 0 Å². The van der Waals surface area contributed by atoms with Gasteiger partial charge in [0.25, 0.3) is 5.91 Å². The molecule has 1 aromatic rings. The Bertz CT molecular complexity index is 1810. The fourth-order valence-electron chi connectivity index (χ4n) is 5.36. The number of carboxylic acids is 2. The molecular formula is C33H34N4O6. The van der Waals surface area contributed by atoms with Crippen LogP contribution in [0.25, 0.3) is 18.2 Å². The Hall–Kier alpha value is -5.12. The number of hydrogen-bond acceptors (Lipinski definition) is 5. The molecule has 4 N–H and O–H groups in total. The van der Waals surface area contributed by atoms with E-state index < -0.39 is 17.8 Å². The quantitative estimate of drug-likeness (QED) is 0.313. The minimum absolute atomic E-state index is 0.0971. The summed E-state index contributed by atoms with van der Waals surface area (Å²) < 4.78 is 0. The number of H-pyrrole nitrogens is 1. The molecule has 1 aromatic heterocycles. The Morgan fingerprint density at radius 1 is 0.860 bits per heavy atom. The number of nitrogens with zero attached hydrogens (tertiary/aromatic N) is 2. The highest BCUT2D eigenvalue weighted by molar-refractivity contribution is 6.26. The van der Waals surface area contributed by atoms with Crippen molar-refractivity contribution in [2.75, 3.05) is 0 Å². The van der Waals surface area contributed by atoms with E-state index in [2.05, 4.69) is 28.5 Å². The molecule has 2 amide bonds. The van der Waals surface area contributed by atoms with Crippen molar-refractivity contribution in [2.45, 2.75) is 53.4 Å². The largest absolute Gasteiger partial charge is 0.481 e. The maximum atomic E-state index is 12.4. The molecule has 0 spiro atoms. The van der Waals surface area contributed by atoms with Gasteiger partial charge in [-0.1, -0.05) is 25.3 Å². The van der Waals surface area contributed by atoms with Gasteiger partial charge < -0.3 is 20.5 Å². The van der Waals surface area contributed by atoms with Crippen LogP contribution >= 0.6 is 0 Å². The Morgan fingerprint density at radius 3 is 2.12 bits per heavy atom. The summed E-state index contributed by atoms with van der Waals surface area (Å²) >= 11 is 0. The zero-order valence-corrected chi connectivity index (χ0v) is 24.6. The lowest BCUT2D eigenvalue weighted by Crippen LogP contribution is -2.20. The maximum Gasteiger partial charge on any atom is 0.303 e. The van der Waals surface area contributed by atoms with Gasteiger partial charge in [0.2, 0.25) is 5.91 Å². The first-order valence-corrected chi connectivity index (χ1v) is 13.9. The molecule has 4 rings (SSSR count). The van der Waals surface area contributed by atoms with Crippen molar-refractivity contribution in [3.05, 3.63) is 86.4 Å². The number of carbonyl (C=O) groups is 4. The van der Waals surface area contributed by atoms with Crippen LogP contribution in [0.15, 0.2) is 74.6 Å². The number of amides is 2. The number of aromatic amines is 1. The van der Waals surface area contributed by atoms with E-state index in [1.807, 2.05) is 32.9 Å². The lowest BCUT2D eigenvalue weighted by molar-refractivity contribution is -0.137. The van der Waals surface area contributed by atoms with Gasteiger partial charge >= 0.3 is 11.9 Å². The second-order valence-electron chi connectivity index (χ2n) is 10.6. The van der Waals surface area contributed by atoms with E-state index in [0.29, 0.717) is 39.5 Å². The fraction of sp³-hybridized carbons (Fsp3) is 0.273. The monoisotopic (exact) mass is 582 g/mol. The molecule has 10 nitrogen and oxygen atoms in total. The van der Waals surface area contributed by atoms with Gasteiger partial charge in [0.1, 0.15) is 0 Å². The number of aliphatic carboxylic acids is 2. The molecule has 4 heterocycles. The smallest absolute Gasteiger partial charge is 0.303 e. The molecule has 0 saturated heterocycles. The minimum atomic E-state index is -0.988. The molecule has 3 aliphatic heterocycles. The molecular weight excluding hydrogens is 548 g/mol. The van der Waals surface area contributed by atoms with Crippen molar-refractivity contribution in [1.82, 2.24) is 10.3 Å². The highest BCUT2D eigenvalue weighted by Crippen LogP contribution is 2.32. The van der Waals surface area contributed by atoms with E-state index in [1.54, 1.807) is 25.2 Å². The molecule has 0 aliphatic carbocycles. The summed E-state index contributed by atoms with van der Waals surface area (Å²) in [5.74, 6) is -2.78. The average Bonchev–Trinajstić information content (AvgIpc) is 3.59. The van der Waals surface area contributed by atoms with Crippen molar-refractivity contribution >= 4 is 53.4 Å². The van der Waals surface area contributed by atoms with Crippen molar-refractivity contribution in [3.63, 3.8) is 0 Å². The zero-order chi connectivity index (χ0) is 31.6. The molecule has 1 atom stereocenters. The van der Waals surface area contributed by atoms with Crippen LogP contribution in [0.2, 0.25) is 0 Å². The van der Waals surface area contributed by atoms with E-state index in [-0.39, 0.29) is 37.5 Å². The Labute approximate surface area is 248 Å². The van der Waals surface area contributed by atoms with Crippen LogP contribution < -0.4 is 16.0 Å². The molecule has 0 saturated carbocycles. The predicted octanol–water partition coefficient (Wildman–Crippen LogP) is 3.42. The Morgan fingerprint density at radius 2 is 1.51 bits per heavy atom. The number of nitrogens with one attached hydrogen (secondary N) is 2. The molecule has 3 aliphatic rings. The van der Waals surface area contributed by atoms with Gasteiger partial charge in [-0.3, -0.25) is 19.2 Å². The van der Waals surface area contributed by atoms with Gasteiger partial charge in [-0.25, -0.2) is 9.98 Å². The van der Waals surface area contributed by atoms with Crippen molar-refractivity contribution in [2.24, 2.45) is 15.9 Å². The third-order valence-corrected chi connectivity index (χ3v) is 7.93. The topological polar surface area (TPSA) is 161 Å². The fourth-order valence-corrected chi connectivity index (χ4v) is 5.36. The summed E-state index contributed by atoms with van der Waals surface area (Å²) in [5.41, 5.74) is 7.02. The highest BCUT2D eigenvalue weighted by atomic mass is 16.4. The summed E-state index contributed by atoms with van der Waals surface area (Å²) in [7, 11) is 0. The third kappa shape index (κ3) is 6.23. The first-order chi connectivity index (χ1) is 20.4. The normalized spacial score (nSPS) is 20.5. The molecule has 43 heavy (non-hydrogen) atoms. The van der Waals surface area contributed by atoms with Gasteiger partial charge in [0.15, 0.2) is 0 Å². The van der Waals surface area contributed by atoms with E-state index in [0.717, 1.165) is 33.0 Å². The highest BCUT2D eigenvalue weighted by Gasteiger charge is 2.27. The van der Waals surface area contributed by atoms with Gasteiger partial charge in [0.05, 0.1) is 23.0 Å². The van der Waals surface area contributed by atoms with E-state index in [4.69, 9.17) is 4.99 Å². The predicted molar refractivity (Wildman–Crippen MR) is 165 cm³/mol. The first kappa shape index (κ1) is 30.8. The summed E-state index contributed by atoms with van der Waals surface area (Å²) in [5, 5.41) is 22.9. The Balaban J connectivity index is 1.83. The average molecular weight is 583 g/mol. The van der Waals surface area contributed by atoms with Gasteiger partial charge in [0, 0.05) is 40.4 Å². The van der Waals surface area contributed by atoms with Crippen LogP contribution in [0.4, 0.5) is 0 Å². The van der Waals surface area contributed by atoms with Gasteiger partial charge in [-0.15, -0.1) is 0 Å². The standard InChI is InChI=1S/C33H34N4O6/c1-7-20-16(3)24(14-27-21(8-2)18(5)32(42)36-27)34-26(20)13-25-17(4)22(9-11-30(38)39)28(35-25)15-29-23(10-12-31(40)41)19(6)33(43)37-29/h7-8,13-15,18,34H,1-2,9-12H2,3-6H3,(H,36,42)(H,38,39)(H,40,41)/b24-14-,26-13?,28-15-. The van der Waals surface area contributed by atoms with Crippen molar-refractivity contribution in [1.29, 1.82) is 0 Å². The van der Waals surface area contributed by atoms with Crippen LogP contribution in [-0.4, -0.2) is 50.4 Å². The summed E-state index contributed by atoms with van der Waals surface area (Å²) in [6, 6.07) is 0. The number of aliphatic imine (C=N–C) groups is 2. The number of aromatic nitrogens is 1. The van der Waals surface area contributed by atoms with E-state index in [1.165, 1.54) is 0 Å². The molecule has 1 unspecified atom stereocenters. The Kier molecular flexibility index (Phi) is 8.89. The minimum Gasteiger partial charge on any atom is -0.481 e. The number of hydrogen-bond donors (Lipinski definition) is 4. The van der Waals surface area contributed by atoms with Crippen LogP contribution in [0.1, 0.15) is 57.6 Å². The second-order valence-corrected chi connectivity index (χ2v) is 10.6. The summed E-state index contributed by atoms with van der Waals surface area (Å²) in [4.78, 5) is 59.6. The summed E-state index contributed by atoms with van der Waals surface area (Å²) in [6.07, 6.45) is 8.81. The van der Waals surface area contributed by atoms with E-state index >= 15 is 0 Å². The van der Waals surface area contributed by atoms with Crippen molar-refractivity contribution in [3.8, 4) is 0 Å². The molecule has 0 bridgehead atoms. The van der Waals surface area contributed by atoms with Crippen LogP contribution in [-0.2, 0) is 19.2 Å².